The number of aromatic nitrogens is 2. The zero-order chi connectivity index (χ0) is 15.5. The molecule has 1 aromatic rings. The number of carbonyl (C=O) groups is 2. The number of carboxylic acids is 1. The zero-order valence-corrected chi connectivity index (χ0v) is 11.2. The van der Waals surface area contributed by atoms with Gasteiger partial charge in [0.05, 0.1) is 0 Å². The third-order valence-electron chi connectivity index (χ3n) is 1.94. The van der Waals surface area contributed by atoms with Gasteiger partial charge in [-0.15, -0.1) is 0 Å². The van der Waals surface area contributed by atoms with E-state index in [0.717, 1.165) is 10.9 Å². The molecule has 7 nitrogen and oxygen atoms in total. The van der Waals surface area contributed by atoms with E-state index in [1.165, 1.54) is 0 Å². The van der Waals surface area contributed by atoms with Gasteiger partial charge in [-0.1, -0.05) is 0 Å². The number of anilines is 1. The van der Waals surface area contributed by atoms with Crippen molar-refractivity contribution in [3.8, 4) is 0 Å². The largest absolute Gasteiger partial charge is 0.477 e. The van der Waals surface area contributed by atoms with E-state index in [0.29, 0.717) is 0 Å². The first kappa shape index (κ1) is 15.9. The molecule has 112 valence electrons. The number of carbonyl (C=O) groups excluding carboxylic acids is 1. The van der Waals surface area contributed by atoms with E-state index in [1.807, 2.05) is 0 Å². The average Bonchev–Trinajstić information content (AvgIpc) is 2.56. The number of carboxylic acid groups (broad SMARTS) is 1. The summed E-state index contributed by atoms with van der Waals surface area (Å²) in [7, 11) is 0. The Morgan fingerprint density at radius 2 is 2.10 bits per heavy atom. The highest BCUT2D eigenvalue weighted by molar-refractivity contribution is 5.97. The fraction of sp³-hybridized carbons (Fsp3) is 0.545. The number of hydrogen-bond donors (Lipinski definition) is 2. The zero-order valence-electron chi connectivity index (χ0n) is 11.2. The Morgan fingerprint density at radius 3 is 2.55 bits per heavy atom. The summed E-state index contributed by atoms with van der Waals surface area (Å²) < 4.78 is 30.1. The van der Waals surface area contributed by atoms with Crippen LogP contribution in [0.1, 0.15) is 31.1 Å². The quantitative estimate of drug-likeness (QED) is 0.887. The van der Waals surface area contributed by atoms with E-state index < -0.39 is 36.2 Å². The topological polar surface area (TPSA) is 93.5 Å². The lowest BCUT2D eigenvalue weighted by Gasteiger charge is -2.19. The van der Waals surface area contributed by atoms with E-state index in [9.17, 15) is 18.4 Å². The highest BCUT2D eigenvalue weighted by Gasteiger charge is 2.22. The first-order chi connectivity index (χ1) is 9.08. The smallest absolute Gasteiger partial charge is 0.413 e. The number of nitrogens with zero attached hydrogens (tertiary/aromatic N) is 2. The molecule has 0 aliphatic heterocycles. The van der Waals surface area contributed by atoms with Crippen LogP contribution in [0.5, 0.6) is 0 Å². The SMILES string of the molecule is CC(C)(C)OC(=O)Nc1nn(CC(F)F)cc1C(=O)O. The molecular formula is C11H15F2N3O4. The molecule has 1 heterocycles. The molecule has 20 heavy (non-hydrogen) atoms. The summed E-state index contributed by atoms with van der Waals surface area (Å²) >= 11 is 0. The number of amides is 1. The van der Waals surface area contributed by atoms with Crippen LogP contribution in [0, 0.1) is 0 Å². The highest BCUT2D eigenvalue weighted by atomic mass is 19.3. The normalized spacial score (nSPS) is 11.5. The van der Waals surface area contributed by atoms with Crippen molar-refractivity contribution in [1.29, 1.82) is 0 Å². The number of hydrogen-bond acceptors (Lipinski definition) is 4. The van der Waals surface area contributed by atoms with Gasteiger partial charge in [-0.3, -0.25) is 10.00 Å². The van der Waals surface area contributed by atoms with Crippen LogP contribution >= 0.6 is 0 Å². The third-order valence-corrected chi connectivity index (χ3v) is 1.94. The molecule has 2 N–H and O–H groups in total. The minimum absolute atomic E-state index is 0.340. The Labute approximate surface area is 113 Å². The van der Waals surface area contributed by atoms with Gasteiger partial charge in [0.2, 0.25) is 0 Å². The van der Waals surface area contributed by atoms with Crippen molar-refractivity contribution in [3.05, 3.63) is 11.8 Å². The lowest BCUT2D eigenvalue weighted by atomic mass is 10.2. The van der Waals surface area contributed by atoms with E-state index in [4.69, 9.17) is 9.84 Å². The molecule has 0 aliphatic carbocycles. The van der Waals surface area contributed by atoms with Crippen LogP contribution in [0.3, 0.4) is 0 Å². The van der Waals surface area contributed by atoms with Crippen LogP contribution in [0.2, 0.25) is 0 Å². The van der Waals surface area contributed by atoms with Crippen molar-refractivity contribution in [2.45, 2.75) is 39.3 Å². The number of halogens is 2. The second kappa shape index (κ2) is 5.85. The lowest BCUT2D eigenvalue weighted by molar-refractivity contribution is 0.0635. The average molecular weight is 291 g/mol. The van der Waals surface area contributed by atoms with Gasteiger partial charge in [-0.05, 0) is 20.8 Å². The van der Waals surface area contributed by atoms with Crippen LogP contribution in [0.4, 0.5) is 19.4 Å². The van der Waals surface area contributed by atoms with Gasteiger partial charge in [-0.25, -0.2) is 18.4 Å². The van der Waals surface area contributed by atoms with E-state index in [1.54, 1.807) is 20.8 Å². The molecule has 0 radical (unpaired) electrons. The number of ether oxygens (including phenoxy) is 1. The minimum Gasteiger partial charge on any atom is -0.477 e. The summed E-state index contributed by atoms with van der Waals surface area (Å²) in [5.41, 5.74) is -1.17. The van der Waals surface area contributed by atoms with Gasteiger partial charge >= 0.3 is 12.1 Å². The van der Waals surface area contributed by atoms with Gasteiger partial charge < -0.3 is 9.84 Å². The standard InChI is InChI=1S/C11H15F2N3O4/c1-11(2,3)20-10(19)14-8-6(9(17)18)4-16(15-8)5-7(12)13/h4,7H,5H2,1-3H3,(H,17,18)(H,14,15,19). The lowest BCUT2D eigenvalue weighted by Crippen LogP contribution is -2.27. The van der Waals surface area contributed by atoms with Crippen LogP contribution in [-0.2, 0) is 11.3 Å². The van der Waals surface area contributed by atoms with Crippen molar-refractivity contribution >= 4 is 17.9 Å². The predicted octanol–water partition coefficient (Wildman–Crippen LogP) is 2.19. The Balaban J connectivity index is 2.90. The molecule has 1 rings (SSSR count). The summed E-state index contributed by atoms with van der Waals surface area (Å²) in [6.45, 7) is 4.11. The van der Waals surface area contributed by atoms with Gasteiger partial charge in [0.25, 0.3) is 6.43 Å². The monoisotopic (exact) mass is 291 g/mol. The molecule has 1 amide bonds. The van der Waals surface area contributed by atoms with Crippen LogP contribution < -0.4 is 5.32 Å². The Kier molecular flexibility index (Phi) is 4.64. The number of rotatable bonds is 4. The third kappa shape index (κ3) is 4.82. The molecule has 0 aromatic carbocycles. The van der Waals surface area contributed by atoms with Gasteiger partial charge in [0.1, 0.15) is 17.7 Å². The highest BCUT2D eigenvalue weighted by Crippen LogP contribution is 2.16. The first-order valence-electron chi connectivity index (χ1n) is 5.67. The van der Waals surface area contributed by atoms with Crippen molar-refractivity contribution in [3.63, 3.8) is 0 Å². The molecular weight excluding hydrogens is 276 g/mol. The molecule has 0 bridgehead atoms. The van der Waals surface area contributed by atoms with Crippen molar-refractivity contribution in [2.75, 3.05) is 5.32 Å². The van der Waals surface area contributed by atoms with E-state index in [-0.39, 0.29) is 5.82 Å². The number of nitrogens with one attached hydrogen (secondary N) is 1. The molecule has 0 saturated carbocycles. The maximum absolute atomic E-state index is 12.2. The maximum Gasteiger partial charge on any atom is 0.413 e. The molecule has 0 atom stereocenters. The summed E-state index contributed by atoms with van der Waals surface area (Å²) in [6.07, 6.45) is -2.69. The maximum atomic E-state index is 12.2. The molecule has 0 aliphatic rings. The van der Waals surface area contributed by atoms with E-state index in [2.05, 4.69) is 10.4 Å². The molecule has 1 aromatic heterocycles. The fourth-order valence-electron chi connectivity index (χ4n) is 1.31. The molecule has 0 fully saturated rings. The summed E-state index contributed by atoms with van der Waals surface area (Å²) in [4.78, 5) is 22.5. The second-order valence-electron chi connectivity index (χ2n) is 4.94. The Hall–Kier alpha value is -2.19. The minimum atomic E-state index is -2.69. The second-order valence-corrected chi connectivity index (χ2v) is 4.94. The molecule has 0 spiro atoms. The number of alkyl halides is 2. The summed E-state index contributed by atoms with van der Waals surface area (Å²) in [6, 6.07) is 0. The molecule has 0 saturated heterocycles. The molecule has 9 heteroatoms. The summed E-state index contributed by atoms with van der Waals surface area (Å²) in [5.74, 6) is -1.73. The molecule has 0 unspecified atom stereocenters. The van der Waals surface area contributed by atoms with Gasteiger partial charge in [0.15, 0.2) is 5.82 Å². The predicted molar refractivity (Wildman–Crippen MR) is 65.0 cm³/mol. The first-order valence-corrected chi connectivity index (χ1v) is 5.67. The van der Waals surface area contributed by atoms with Crippen LogP contribution in [0.25, 0.3) is 0 Å². The van der Waals surface area contributed by atoms with E-state index >= 15 is 0 Å². The van der Waals surface area contributed by atoms with Crippen LogP contribution in [-0.4, -0.2) is 39.0 Å². The van der Waals surface area contributed by atoms with Crippen LogP contribution in [0.15, 0.2) is 6.20 Å². The Bertz CT molecular complexity index is 508. The van der Waals surface area contributed by atoms with Gasteiger partial charge in [-0.2, -0.15) is 5.10 Å². The van der Waals surface area contributed by atoms with Crippen molar-refractivity contribution in [1.82, 2.24) is 9.78 Å². The fourth-order valence-corrected chi connectivity index (χ4v) is 1.31. The van der Waals surface area contributed by atoms with Gasteiger partial charge in [0, 0.05) is 6.20 Å². The van der Waals surface area contributed by atoms with Crippen molar-refractivity contribution < 1.29 is 28.2 Å². The number of aromatic carboxylic acids is 1. The Morgan fingerprint density at radius 1 is 1.50 bits per heavy atom. The summed E-state index contributed by atoms with van der Waals surface area (Å²) in [5, 5.41) is 14.6. The van der Waals surface area contributed by atoms with Crippen molar-refractivity contribution in [2.24, 2.45) is 0 Å².